The molecule has 18 heavy (non-hydrogen) atoms. The van der Waals surface area contributed by atoms with Gasteiger partial charge in [-0.1, -0.05) is 41.1 Å². The first-order chi connectivity index (χ1) is 8.72. The third-order valence-electron chi connectivity index (χ3n) is 2.47. The number of fused-ring (bicyclic) bond motifs is 1. The van der Waals surface area contributed by atoms with Gasteiger partial charge in [0.25, 0.3) is 5.19 Å². The van der Waals surface area contributed by atoms with Crippen LogP contribution in [0.1, 0.15) is 5.69 Å². The minimum atomic E-state index is 0.444. The van der Waals surface area contributed by atoms with Crippen molar-refractivity contribution in [1.29, 1.82) is 0 Å². The van der Waals surface area contributed by atoms with E-state index in [1.165, 1.54) is 11.3 Å². The predicted molar refractivity (Wildman–Crippen MR) is 73.7 cm³/mol. The van der Waals surface area contributed by atoms with Gasteiger partial charge in [-0.2, -0.15) is 4.98 Å². The summed E-state index contributed by atoms with van der Waals surface area (Å²) in [6, 6.07) is 9.82. The fourth-order valence-corrected chi connectivity index (χ4v) is 2.48. The highest BCUT2D eigenvalue weighted by molar-refractivity contribution is 7.11. The number of thiazole rings is 1. The molecule has 0 unspecified atom stereocenters. The van der Waals surface area contributed by atoms with Crippen molar-refractivity contribution < 1.29 is 4.74 Å². The van der Waals surface area contributed by atoms with Crippen LogP contribution < -0.4 is 4.74 Å². The van der Waals surface area contributed by atoms with Crippen LogP contribution >= 0.6 is 22.9 Å². The Hall–Kier alpha value is -1.65. The van der Waals surface area contributed by atoms with Crippen molar-refractivity contribution >= 4 is 33.8 Å². The molecule has 90 valence electrons. The lowest BCUT2D eigenvalue weighted by Gasteiger charge is -2.05. The van der Waals surface area contributed by atoms with Gasteiger partial charge < -0.3 is 4.74 Å². The zero-order chi connectivity index (χ0) is 12.5. The Morgan fingerprint density at radius 3 is 2.83 bits per heavy atom. The highest BCUT2D eigenvalue weighted by Gasteiger charge is 2.07. The summed E-state index contributed by atoms with van der Waals surface area (Å²) in [4.78, 5) is 8.57. The van der Waals surface area contributed by atoms with Gasteiger partial charge in [0.15, 0.2) is 5.75 Å². The smallest absolute Gasteiger partial charge is 0.280 e. The molecule has 0 bridgehead atoms. The fraction of sp³-hybridized carbons (Fsp3) is 0.0769. The quantitative estimate of drug-likeness (QED) is 0.694. The van der Waals surface area contributed by atoms with Gasteiger partial charge in [-0.25, -0.2) is 4.98 Å². The molecule has 0 aliphatic heterocycles. The Kier molecular flexibility index (Phi) is 2.89. The Bertz CT molecular complexity index is 711. The van der Waals surface area contributed by atoms with E-state index in [1.54, 1.807) is 5.38 Å². The van der Waals surface area contributed by atoms with E-state index < -0.39 is 0 Å². The molecule has 3 rings (SSSR count). The van der Waals surface area contributed by atoms with Crippen molar-refractivity contribution in [1.82, 2.24) is 9.97 Å². The van der Waals surface area contributed by atoms with Crippen LogP contribution in [0, 0.1) is 6.92 Å². The van der Waals surface area contributed by atoms with Gasteiger partial charge in [0.2, 0.25) is 0 Å². The summed E-state index contributed by atoms with van der Waals surface area (Å²) in [5.41, 5.74) is 1.79. The van der Waals surface area contributed by atoms with Crippen molar-refractivity contribution in [2.45, 2.75) is 6.92 Å². The highest BCUT2D eigenvalue weighted by atomic mass is 35.5. The van der Waals surface area contributed by atoms with E-state index in [-0.39, 0.29) is 0 Å². The van der Waals surface area contributed by atoms with E-state index in [4.69, 9.17) is 16.3 Å². The molecule has 0 spiro atoms. The molecule has 0 amide bonds. The number of benzene rings is 1. The number of aromatic nitrogens is 2. The monoisotopic (exact) mass is 276 g/mol. The molecule has 3 aromatic rings. The predicted octanol–water partition coefficient (Wildman–Crippen LogP) is 4.45. The van der Waals surface area contributed by atoms with E-state index in [0.717, 1.165) is 16.6 Å². The standard InChI is InChI=1S/C13H9ClN2OS/c1-8-5-6-9-3-2-4-10(12(9)15-8)17-13-16-11(14)7-18-13/h2-7H,1H3. The van der Waals surface area contributed by atoms with Crippen LogP contribution in [-0.2, 0) is 0 Å². The first kappa shape index (κ1) is 11.4. The van der Waals surface area contributed by atoms with Crippen molar-refractivity contribution in [3.8, 4) is 10.9 Å². The van der Waals surface area contributed by atoms with Crippen LogP contribution in [0.15, 0.2) is 35.7 Å². The summed E-state index contributed by atoms with van der Waals surface area (Å²) in [5, 5.41) is 3.75. The SMILES string of the molecule is Cc1ccc2cccc(Oc3nc(Cl)cs3)c2n1. The first-order valence-electron chi connectivity index (χ1n) is 5.37. The zero-order valence-corrected chi connectivity index (χ0v) is 11.1. The van der Waals surface area contributed by atoms with Crippen molar-refractivity contribution in [3.05, 3.63) is 46.6 Å². The van der Waals surface area contributed by atoms with Crippen molar-refractivity contribution in [2.75, 3.05) is 0 Å². The number of aryl methyl sites for hydroxylation is 1. The number of para-hydroxylation sites is 1. The van der Waals surface area contributed by atoms with Crippen LogP contribution in [0.25, 0.3) is 10.9 Å². The zero-order valence-electron chi connectivity index (χ0n) is 9.55. The topological polar surface area (TPSA) is 35.0 Å². The number of ether oxygens (including phenoxy) is 1. The van der Waals surface area contributed by atoms with E-state index in [1.807, 2.05) is 37.3 Å². The lowest BCUT2D eigenvalue weighted by atomic mass is 10.2. The second kappa shape index (κ2) is 4.55. The number of nitrogens with zero attached hydrogens (tertiary/aromatic N) is 2. The lowest BCUT2D eigenvalue weighted by molar-refractivity contribution is 0.483. The van der Waals surface area contributed by atoms with Crippen LogP contribution in [0.4, 0.5) is 0 Å². The highest BCUT2D eigenvalue weighted by Crippen LogP contribution is 2.31. The van der Waals surface area contributed by atoms with Gasteiger partial charge in [-0.05, 0) is 19.1 Å². The molecular weight excluding hydrogens is 268 g/mol. The summed E-state index contributed by atoms with van der Waals surface area (Å²) >= 11 is 7.14. The van der Waals surface area contributed by atoms with E-state index in [2.05, 4.69) is 9.97 Å². The largest absolute Gasteiger partial charge is 0.429 e. The van der Waals surface area contributed by atoms with Crippen LogP contribution in [-0.4, -0.2) is 9.97 Å². The number of hydrogen-bond donors (Lipinski definition) is 0. The third kappa shape index (κ3) is 2.17. The Balaban J connectivity index is 2.08. The molecule has 0 fully saturated rings. The summed E-state index contributed by atoms with van der Waals surface area (Å²) in [5.74, 6) is 0.696. The molecule has 2 aromatic heterocycles. The Morgan fingerprint density at radius 2 is 2.06 bits per heavy atom. The number of halogens is 1. The maximum atomic E-state index is 5.77. The average molecular weight is 277 g/mol. The lowest BCUT2D eigenvalue weighted by Crippen LogP contribution is -1.89. The minimum absolute atomic E-state index is 0.444. The molecule has 2 heterocycles. The first-order valence-corrected chi connectivity index (χ1v) is 6.63. The van der Waals surface area contributed by atoms with E-state index in [9.17, 15) is 0 Å². The number of pyridine rings is 1. The molecule has 0 aliphatic carbocycles. The molecule has 0 atom stereocenters. The maximum absolute atomic E-state index is 5.77. The Labute approximate surface area is 113 Å². The van der Waals surface area contributed by atoms with Crippen LogP contribution in [0.5, 0.6) is 10.9 Å². The minimum Gasteiger partial charge on any atom is -0.429 e. The van der Waals surface area contributed by atoms with Gasteiger partial charge in [0.1, 0.15) is 10.7 Å². The van der Waals surface area contributed by atoms with Crippen molar-refractivity contribution in [3.63, 3.8) is 0 Å². The molecule has 0 saturated carbocycles. The van der Waals surface area contributed by atoms with Crippen LogP contribution in [0.2, 0.25) is 5.15 Å². The summed E-state index contributed by atoms with van der Waals surface area (Å²) in [7, 11) is 0. The van der Waals surface area contributed by atoms with Crippen LogP contribution in [0.3, 0.4) is 0 Å². The molecule has 0 radical (unpaired) electrons. The maximum Gasteiger partial charge on any atom is 0.280 e. The van der Waals surface area contributed by atoms with Gasteiger partial charge in [-0.15, -0.1) is 0 Å². The van der Waals surface area contributed by atoms with Gasteiger partial charge in [0, 0.05) is 16.5 Å². The van der Waals surface area contributed by atoms with Crippen molar-refractivity contribution in [2.24, 2.45) is 0 Å². The molecule has 5 heteroatoms. The third-order valence-corrected chi connectivity index (χ3v) is 3.52. The summed E-state index contributed by atoms with van der Waals surface area (Å²) in [6.07, 6.45) is 0. The molecule has 0 N–H and O–H groups in total. The molecule has 3 nitrogen and oxygen atoms in total. The normalized spacial score (nSPS) is 10.8. The molecule has 0 saturated heterocycles. The Morgan fingerprint density at radius 1 is 1.17 bits per heavy atom. The van der Waals surface area contributed by atoms with E-state index >= 15 is 0 Å². The molecule has 0 aliphatic rings. The second-order valence-electron chi connectivity index (χ2n) is 3.82. The summed E-state index contributed by atoms with van der Waals surface area (Å²) < 4.78 is 5.73. The molecule has 1 aromatic carbocycles. The van der Waals surface area contributed by atoms with Gasteiger partial charge in [0.05, 0.1) is 0 Å². The second-order valence-corrected chi connectivity index (χ2v) is 5.03. The number of hydrogen-bond acceptors (Lipinski definition) is 4. The number of rotatable bonds is 2. The van der Waals surface area contributed by atoms with E-state index in [0.29, 0.717) is 16.1 Å². The van der Waals surface area contributed by atoms with Gasteiger partial charge >= 0.3 is 0 Å². The fourth-order valence-electron chi connectivity index (χ4n) is 1.68. The molecular formula is C13H9ClN2OS. The van der Waals surface area contributed by atoms with Gasteiger partial charge in [-0.3, -0.25) is 0 Å². The average Bonchev–Trinajstić information content (AvgIpc) is 2.76. The summed E-state index contributed by atoms with van der Waals surface area (Å²) in [6.45, 7) is 1.95.